The molecule has 4 aromatic rings. The predicted molar refractivity (Wildman–Crippen MR) is 124 cm³/mol. The highest BCUT2D eigenvalue weighted by Gasteiger charge is 2.08. The van der Waals surface area contributed by atoms with Crippen molar-refractivity contribution in [3.63, 3.8) is 0 Å². The summed E-state index contributed by atoms with van der Waals surface area (Å²) in [7, 11) is 0. The van der Waals surface area contributed by atoms with Crippen LogP contribution in [0.3, 0.4) is 0 Å². The van der Waals surface area contributed by atoms with Gasteiger partial charge in [-0.1, -0.05) is 23.7 Å². The number of benzene rings is 3. The fraction of sp³-hybridized carbons (Fsp3) is 0. The van der Waals surface area contributed by atoms with E-state index in [-0.39, 0.29) is 0 Å². The summed E-state index contributed by atoms with van der Waals surface area (Å²) in [6.07, 6.45) is 2.65. The Morgan fingerprint density at radius 2 is 0.909 bits per heavy atom. The number of carbonyl (C=O) groups excluding carboxylic acids is 4. The van der Waals surface area contributed by atoms with Crippen LogP contribution in [0.1, 0.15) is 63.7 Å². The standard InChI is InChI=1S/C26H12N2O4S/c29-13-19-7-17(8-20(11-19)14-30)1-3-23-5-6-24(26-25(23)27-33-28-26)4-2-18-9-21(15-31)12-22(10-18)16-32/h5-16H. The van der Waals surface area contributed by atoms with Gasteiger partial charge in [0.15, 0.2) is 0 Å². The molecule has 1 aromatic heterocycles. The van der Waals surface area contributed by atoms with E-state index in [1.807, 2.05) is 0 Å². The lowest BCUT2D eigenvalue weighted by Crippen LogP contribution is -1.89. The number of hydrogen-bond donors (Lipinski definition) is 0. The zero-order valence-corrected chi connectivity index (χ0v) is 17.7. The van der Waals surface area contributed by atoms with Crippen molar-refractivity contribution >= 4 is 47.9 Å². The molecule has 0 aliphatic heterocycles. The van der Waals surface area contributed by atoms with Gasteiger partial charge in [0.05, 0.1) is 22.9 Å². The quantitative estimate of drug-likeness (QED) is 0.349. The van der Waals surface area contributed by atoms with Gasteiger partial charge in [0, 0.05) is 33.4 Å². The van der Waals surface area contributed by atoms with Gasteiger partial charge in [-0.3, -0.25) is 19.2 Å². The van der Waals surface area contributed by atoms with Crippen molar-refractivity contribution in [2.45, 2.75) is 0 Å². The first-order chi connectivity index (χ1) is 16.1. The van der Waals surface area contributed by atoms with Crippen LogP contribution in [0.25, 0.3) is 11.0 Å². The highest BCUT2D eigenvalue weighted by atomic mass is 32.1. The predicted octanol–water partition coefficient (Wildman–Crippen LogP) is 3.74. The van der Waals surface area contributed by atoms with E-state index in [1.54, 1.807) is 36.4 Å². The van der Waals surface area contributed by atoms with Gasteiger partial charge in [0.2, 0.25) is 0 Å². The third-order valence-electron chi connectivity index (χ3n) is 4.60. The molecule has 156 valence electrons. The van der Waals surface area contributed by atoms with Crippen molar-refractivity contribution in [3.8, 4) is 23.7 Å². The lowest BCUT2D eigenvalue weighted by Gasteiger charge is -1.98. The van der Waals surface area contributed by atoms with Gasteiger partial charge in [-0.05, 0) is 48.5 Å². The summed E-state index contributed by atoms with van der Waals surface area (Å²) in [5.74, 6) is 12.0. The Kier molecular flexibility index (Phi) is 6.26. The number of rotatable bonds is 4. The van der Waals surface area contributed by atoms with Crippen molar-refractivity contribution in [3.05, 3.63) is 93.0 Å². The lowest BCUT2D eigenvalue weighted by atomic mass is 10.0. The summed E-state index contributed by atoms with van der Waals surface area (Å²) >= 11 is 1.03. The lowest BCUT2D eigenvalue weighted by molar-refractivity contribution is 0.111. The van der Waals surface area contributed by atoms with Crippen LogP contribution in [-0.4, -0.2) is 33.9 Å². The summed E-state index contributed by atoms with van der Waals surface area (Å²) in [4.78, 5) is 44.3. The van der Waals surface area contributed by atoms with Gasteiger partial charge in [-0.15, -0.1) is 0 Å². The minimum Gasteiger partial charge on any atom is -0.298 e. The molecule has 0 fully saturated rings. The molecule has 1 heterocycles. The number of nitrogens with zero attached hydrogens (tertiary/aromatic N) is 2. The Balaban J connectivity index is 1.72. The van der Waals surface area contributed by atoms with Gasteiger partial charge in [-0.2, -0.15) is 8.75 Å². The number of carbonyl (C=O) groups is 4. The van der Waals surface area contributed by atoms with Crippen LogP contribution in [0.5, 0.6) is 0 Å². The zero-order chi connectivity index (χ0) is 23.2. The zero-order valence-electron chi connectivity index (χ0n) is 16.9. The minimum absolute atomic E-state index is 0.367. The molecule has 0 saturated heterocycles. The minimum atomic E-state index is 0.367. The van der Waals surface area contributed by atoms with Gasteiger partial charge in [-0.25, -0.2) is 0 Å². The van der Waals surface area contributed by atoms with Gasteiger partial charge < -0.3 is 0 Å². The SMILES string of the molecule is O=Cc1cc(C#Cc2ccc(C#Cc3cc(C=O)cc(C=O)c3)c3nsnc23)cc(C=O)c1. The Morgan fingerprint density at radius 3 is 1.24 bits per heavy atom. The molecule has 3 aromatic carbocycles. The smallest absolute Gasteiger partial charge is 0.150 e. The van der Waals surface area contributed by atoms with E-state index in [2.05, 4.69) is 32.4 Å². The average molecular weight is 448 g/mol. The van der Waals surface area contributed by atoms with Gasteiger partial charge in [0.25, 0.3) is 0 Å². The maximum atomic E-state index is 11.1. The van der Waals surface area contributed by atoms with Crippen LogP contribution in [-0.2, 0) is 0 Å². The van der Waals surface area contributed by atoms with Crippen molar-refractivity contribution in [1.29, 1.82) is 0 Å². The molecule has 0 aliphatic rings. The van der Waals surface area contributed by atoms with Gasteiger partial charge in [0.1, 0.15) is 36.2 Å². The highest BCUT2D eigenvalue weighted by molar-refractivity contribution is 7.00. The van der Waals surface area contributed by atoms with Crippen molar-refractivity contribution in [2.75, 3.05) is 0 Å². The van der Waals surface area contributed by atoms with Crippen LogP contribution in [0.15, 0.2) is 48.5 Å². The van der Waals surface area contributed by atoms with Crippen molar-refractivity contribution < 1.29 is 19.2 Å². The molecule has 6 nitrogen and oxygen atoms in total. The largest absolute Gasteiger partial charge is 0.298 e. The molecule has 0 spiro atoms. The van der Waals surface area contributed by atoms with E-state index in [4.69, 9.17) is 0 Å². The molecule has 4 rings (SSSR count). The fourth-order valence-electron chi connectivity index (χ4n) is 3.12. The molecule has 0 radical (unpaired) electrons. The van der Waals surface area contributed by atoms with Crippen LogP contribution in [0.4, 0.5) is 0 Å². The summed E-state index contributed by atoms with van der Waals surface area (Å²) in [5.41, 5.74) is 4.94. The van der Waals surface area contributed by atoms with E-state index in [1.165, 1.54) is 12.1 Å². The fourth-order valence-corrected chi connectivity index (χ4v) is 3.69. The second kappa shape index (κ2) is 9.61. The summed E-state index contributed by atoms with van der Waals surface area (Å²) in [5, 5.41) is 0. The van der Waals surface area contributed by atoms with Crippen molar-refractivity contribution in [2.24, 2.45) is 0 Å². The molecule has 0 atom stereocenters. The number of fused-ring (bicyclic) bond motifs is 1. The summed E-state index contributed by atoms with van der Waals surface area (Å²) in [6.45, 7) is 0. The third kappa shape index (κ3) is 4.80. The molecular weight excluding hydrogens is 436 g/mol. The van der Waals surface area contributed by atoms with E-state index in [0.717, 1.165) is 11.7 Å². The second-order valence-electron chi connectivity index (χ2n) is 6.87. The number of aldehydes is 4. The first-order valence-corrected chi connectivity index (χ1v) is 10.3. The first kappa shape index (κ1) is 21.5. The van der Waals surface area contributed by atoms with Crippen LogP contribution >= 0.6 is 11.7 Å². The Hall–Kier alpha value is -4.72. The molecule has 0 saturated carbocycles. The topological polar surface area (TPSA) is 94.1 Å². The monoisotopic (exact) mass is 448 g/mol. The van der Waals surface area contributed by atoms with Crippen LogP contribution in [0.2, 0.25) is 0 Å². The molecule has 33 heavy (non-hydrogen) atoms. The van der Waals surface area contributed by atoms with E-state index in [9.17, 15) is 19.2 Å². The molecule has 7 heteroatoms. The molecule has 0 bridgehead atoms. The van der Waals surface area contributed by atoms with E-state index >= 15 is 0 Å². The average Bonchev–Trinajstić information content (AvgIpc) is 3.36. The van der Waals surface area contributed by atoms with Crippen LogP contribution < -0.4 is 0 Å². The first-order valence-electron chi connectivity index (χ1n) is 9.53. The maximum Gasteiger partial charge on any atom is 0.150 e. The number of aromatic nitrogens is 2. The molecule has 0 amide bonds. The maximum absolute atomic E-state index is 11.1. The Bertz CT molecular complexity index is 1390. The normalized spacial score (nSPS) is 9.82. The second-order valence-corrected chi connectivity index (χ2v) is 7.40. The Morgan fingerprint density at radius 1 is 0.545 bits per heavy atom. The van der Waals surface area contributed by atoms with Crippen LogP contribution in [0, 0.1) is 23.7 Å². The Labute approximate surface area is 192 Å². The molecule has 0 N–H and O–H groups in total. The number of hydrogen-bond acceptors (Lipinski definition) is 7. The van der Waals surface area contributed by atoms with E-state index in [0.29, 0.717) is 80.7 Å². The van der Waals surface area contributed by atoms with Gasteiger partial charge >= 0.3 is 0 Å². The highest BCUT2D eigenvalue weighted by Crippen LogP contribution is 2.20. The third-order valence-corrected chi connectivity index (χ3v) is 5.13. The van der Waals surface area contributed by atoms with Crippen molar-refractivity contribution in [1.82, 2.24) is 8.75 Å². The summed E-state index contributed by atoms with van der Waals surface area (Å²) in [6, 6.07) is 12.9. The summed E-state index contributed by atoms with van der Waals surface area (Å²) < 4.78 is 8.65. The molecule has 0 aliphatic carbocycles. The van der Waals surface area contributed by atoms with E-state index < -0.39 is 0 Å². The molecular formula is C26H12N2O4S. The molecule has 0 unspecified atom stereocenters.